The topological polar surface area (TPSA) is 50.9 Å². The predicted molar refractivity (Wildman–Crippen MR) is 273 cm³/mol. The van der Waals surface area contributed by atoms with Crippen LogP contribution in [0.3, 0.4) is 0 Å². The molecule has 0 saturated heterocycles. The summed E-state index contributed by atoms with van der Waals surface area (Å²) in [4.78, 5) is 10.4. The van der Waals surface area contributed by atoms with E-state index in [0.717, 1.165) is 78.0 Å². The van der Waals surface area contributed by atoms with E-state index in [2.05, 4.69) is 102 Å². The molecular formula is C61H58N3OPt-. The van der Waals surface area contributed by atoms with Crippen molar-refractivity contribution in [2.45, 2.75) is 85.9 Å². The summed E-state index contributed by atoms with van der Waals surface area (Å²) in [5.41, 5.74) is 14.9. The maximum absolute atomic E-state index is 12.3. The van der Waals surface area contributed by atoms with Crippen LogP contribution in [0.25, 0.3) is 83.9 Å². The summed E-state index contributed by atoms with van der Waals surface area (Å²) in [5, 5.41) is 12.3. The summed E-state index contributed by atoms with van der Waals surface area (Å²) < 4.78 is 38.6. The predicted octanol–water partition coefficient (Wildman–Crippen LogP) is 16.7. The van der Waals surface area contributed by atoms with Gasteiger partial charge < -0.3 is 5.11 Å². The van der Waals surface area contributed by atoms with Gasteiger partial charge >= 0.3 is 0 Å². The fourth-order valence-corrected chi connectivity index (χ4v) is 9.08. The van der Waals surface area contributed by atoms with Gasteiger partial charge in [0.25, 0.3) is 0 Å². The van der Waals surface area contributed by atoms with E-state index in [4.69, 9.17) is 15.5 Å². The quantitative estimate of drug-likeness (QED) is 0.131. The van der Waals surface area contributed by atoms with Gasteiger partial charge in [-0.15, -0.1) is 23.8 Å². The Labute approximate surface area is 411 Å². The van der Waals surface area contributed by atoms with Gasteiger partial charge in [0.15, 0.2) is 0 Å². The van der Waals surface area contributed by atoms with Crippen LogP contribution in [0.4, 0.5) is 0 Å². The van der Waals surface area contributed by atoms with Crippen LogP contribution in [-0.2, 0) is 21.1 Å². The van der Waals surface area contributed by atoms with Crippen molar-refractivity contribution in [1.29, 1.82) is 0 Å². The van der Waals surface area contributed by atoms with E-state index in [1.54, 1.807) is 6.07 Å². The van der Waals surface area contributed by atoms with Crippen LogP contribution < -0.4 is 0 Å². The number of pyridine rings is 1. The Morgan fingerprint density at radius 1 is 0.576 bits per heavy atom. The Morgan fingerprint density at radius 3 is 1.91 bits per heavy atom. The minimum absolute atomic E-state index is 0. The first-order valence-corrected chi connectivity index (χ1v) is 22.7. The Kier molecular flexibility index (Phi) is 12.0. The van der Waals surface area contributed by atoms with Crippen molar-refractivity contribution >= 4 is 11.0 Å². The van der Waals surface area contributed by atoms with Crippen molar-refractivity contribution in [3.8, 4) is 78.6 Å². The molecule has 0 aliphatic rings. The van der Waals surface area contributed by atoms with Crippen molar-refractivity contribution in [3.05, 3.63) is 192 Å². The van der Waals surface area contributed by atoms with Crippen LogP contribution in [-0.4, -0.2) is 19.6 Å². The van der Waals surface area contributed by atoms with Gasteiger partial charge in [0.1, 0.15) is 11.6 Å². The van der Waals surface area contributed by atoms with Gasteiger partial charge in [-0.05, 0) is 116 Å². The molecule has 0 spiro atoms. The molecule has 66 heavy (non-hydrogen) atoms. The maximum Gasteiger partial charge on any atom is 0.148 e. The number of aromatic nitrogens is 3. The van der Waals surface area contributed by atoms with Crippen molar-refractivity contribution in [2.75, 3.05) is 0 Å². The van der Waals surface area contributed by atoms with Gasteiger partial charge in [-0.1, -0.05) is 181 Å². The Morgan fingerprint density at radius 2 is 1.24 bits per heavy atom. The molecule has 2 heterocycles. The number of nitrogens with zero attached hydrogens (tertiary/aromatic N) is 3. The van der Waals surface area contributed by atoms with Crippen molar-refractivity contribution in [3.63, 3.8) is 0 Å². The van der Waals surface area contributed by atoms with Gasteiger partial charge in [-0.3, -0.25) is 9.55 Å². The molecule has 0 amide bonds. The third kappa shape index (κ3) is 8.84. The first-order chi connectivity index (χ1) is 32.9. The van der Waals surface area contributed by atoms with Gasteiger partial charge in [-0.2, -0.15) is 0 Å². The van der Waals surface area contributed by atoms with Crippen LogP contribution in [0, 0.1) is 12.9 Å². The first kappa shape index (κ1) is 41.1. The second-order valence-corrected chi connectivity index (χ2v) is 18.3. The van der Waals surface area contributed by atoms with Crippen LogP contribution in [0.2, 0.25) is 0 Å². The maximum atomic E-state index is 12.3. The number of fused-ring (bicyclic) bond motifs is 1. The molecule has 0 atom stereocenters. The number of phenolic OH excluding ortho intramolecular Hbond substituents is 1. The summed E-state index contributed by atoms with van der Waals surface area (Å²) in [6.45, 7) is 13.8. The Balaban J connectivity index is 0.00000659. The summed E-state index contributed by atoms with van der Waals surface area (Å²) in [5.74, 6) is -0.180. The van der Waals surface area contributed by atoms with E-state index in [1.807, 2.05) is 116 Å². The fourth-order valence-electron chi connectivity index (χ4n) is 9.08. The van der Waals surface area contributed by atoms with E-state index in [9.17, 15) is 5.11 Å². The smallest absolute Gasteiger partial charge is 0.148 e. The number of phenols is 1. The molecule has 0 aliphatic carbocycles. The molecule has 0 saturated carbocycles. The molecule has 2 aromatic heterocycles. The average Bonchev–Trinajstić information content (AvgIpc) is 3.73. The number of para-hydroxylation sites is 1. The normalized spacial score (nSPS) is 12.8. The van der Waals surface area contributed by atoms with Crippen molar-refractivity contribution in [1.82, 2.24) is 14.5 Å². The molecule has 9 rings (SSSR count). The zero-order chi connectivity index (χ0) is 48.9. The third-order valence-corrected chi connectivity index (χ3v) is 12.6. The second kappa shape index (κ2) is 19.2. The van der Waals surface area contributed by atoms with Gasteiger partial charge in [-0.25, -0.2) is 4.98 Å². The minimum atomic E-state index is -2.57. The molecule has 9 aromatic rings. The molecule has 0 fully saturated rings. The number of hydrogen-bond donors (Lipinski definition) is 1. The Hall–Kier alpha value is -6.35. The number of hydrogen-bond acceptors (Lipinski definition) is 3. The Bertz CT molecular complexity index is 3350. The molecule has 0 aliphatic heterocycles. The number of aryl methyl sites for hydroxylation is 1. The van der Waals surface area contributed by atoms with Gasteiger partial charge in [0.2, 0.25) is 0 Å². The molecule has 0 unspecified atom stereocenters. The largest absolute Gasteiger partial charge is 0.507 e. The number of aromatic hydroxyl groups is 1. The van der Waals surface area contributed by atoms with E-state index >= 15 is 0 Å². The molecule has 1 N–H and O–H groups in total. The number of imidazole rings is 1. The average molecular weight is 1050 g/mol. The zero-order valence-electron chi connectivity index (χ0n) is 42.8. The van der Waals surface area contributed by atoms with E-state index in [-0.39, 0.29) is 50.1 Å². The van der Waals surface area contributed by atoms with Crippen molar-refractivity contribution in [2.24, 2.45) is 0 Å². The SMILES string of the molecule is [2H]C([2H])([2H])c1cc(-c2c(C(C)C)cccc2C([2H])(C)C)ccc1-n1c(-c2cc(C(C)C)cc(C(C)C)c2O)nc2c(-c3[c-]c(-c4cc(-c5ccccc5)ccn4)cc(-c4ccccc4)c3)cccc21.[Pt]. The molecule has 0 radical (unpaired) electrons. The molecular weight excluding hydrogens is 986 g/mol. The molecule has 4 nitrogen and oxygen atoms in total. The van der Waals surface area contributed by atoms with Crippen LogP contribution in [0.15, 0.2) is 158 Å². The second-order valence-electron chi connectivity index (χ2n) is 18.3. The monoisotopic (exact) mass is 1050 g/mol. The number of rotatable bonds is 11. The van der Waals surface area contributed by atoms with Gasteiger partial charge in [0, 0.05) is 38.4 Å². The zero-order valence-corrected chi connectivity index (χ0v) is 41.1. The fraction of sp³-hybridized carbons (Fsp3) is 0.213. The standard InChI is InChI=1S/C61H58N3O.Pt/c1-37(2)46-34-53(40(7)8)60(65)54(35-46)61-63-59-52(24-17-25-57(59)64(61)56-27-26-45(30-41(56)9)58-50(38(3)4)22-16-23-51(58)39(5)6)48-31-47(43-20-14-11-15-21-43)32-49(33-48)55-36-44(28-29-62-55)42-18-12-10-13-19-42;/h10-32,34-40,65H,1-9H3;/q-1;/i9D3,38D;. The van der Waals surface area contributed by atoms with E-state index in [0.29, 0.717) is 28.1 Å². The minimum Gasteiger partial charge on any atom is -0.507 e. The summed E-state index contributed by atoms with van der Waals surface area (Å²) in [7, 11) is 0. The van der Waals surface area contributed by atoms with E-state index < -0.39 is 12.7 Å². The first-order valence-electron chi connectivity index (χ1n) is 24.7. The molecule has 334 valence electrons. The van der Waals surface area contributed by atoms with Crippen molar-refractivity contribution < 1.29 is 31.7 Å². The third-order valence-electron chi connectivity index (χ3n) is 12.6. The summed E-state index contributed by atoms with van der Waals surface area (Å²) in [6.07, 6.45) is 1.84. The number of benzene rings is 7. The van der Waals surface area contributed by atoms with Crippen LogP contribution in [0.1, 0.15) is 112 Å². The molecule has 0 bridgehead atoms. The molecule has 5 heteroatoms. The van der Waals surface area contributed by atoms with Crippen LogP contribution >= 0.6 is 0 Å². The molecule has 7 aromatic carbocycles. The summed E-state index contributed by atoms with van der Waals surface area (Å²) >= 11 is 0. The van der Waals surface area contributed by atoms with E-state index in [1.165, 1.54) is 0 Å². The summed E-state index contributed by atoms with van der Waals surface area (Å²) in [6, 6.07) is 54.3. The van der Waals surface area contributed by atoms with Gasteiger partial charge in [0.05, 0.1) is 22.3 Å². The van der Waals surface area contributed by atoms with Crippen LogP contribution in [0.5, 0.6) is 5.75 Å².